The molecule has 2 amide bonds. The van der Waals surface area contributed by atoms with E-state index in [0.717, 1.165) is 27.9 Å². The van der Waals surface area contributed by atoms with Crippen LogP contribution in [0.25, 0.3) is 0 Å². The van der Waals surface area contributed by atoms with Gasteiger partial charge in [-0.2, -0.15) is 0 Å². The number of rotatable bonds is 5. The molecule has 3 aromatic carbocycles. The highest BCUT2D eigenvalue weighted by molar-refractivity contribution is 5.99. The highest BCUT2D eigenvalue weighted by Crippen LogP contribution is 2.33. The lowest BCUT2D eigenvalue weighted by molar-refractivity contribution is -0.117. The maximum Gasteiger partial charge on any atom is 0.255 e. The highest BCUT2D eigenvalue weighted by atomic mass is 19.1. The van der Waals surface area contributed by atoms with Crippen molar-refractivity contribution in [2.45, 2.75) is 32.9 Å². The number of benzene rings is 3. The van der Waals surface area contributed by atoms with Crippen molar-refractivity contribution in [3.63, 3.8) is 0 Å². The predicted molar refractivity (Wildman–Crippen MR) is 115 cm³/mol. The monoisotopic (exact) mass is 402 g/mol. The van der Waals surface area contributed by atoms with Gasteiger partial charge in [0.05, 0.1) is 12.5 Å². The first kappa shape index (κ1) is 19.8. The Kier molecular flexibility index (Phi) is 5.36. The third kappa shape index (κ3) is 4.10. The number of nitrogens with zero attached hydrogens (tertiary/aromatic N) is 1. The standard InChI is InChI=1S/C25H23FN2O2/c1-16-11-17(2)13-21(12-16)27-24(29)14-23(18-7-9-20(26)10-8-18)28-15-19-5-3-4-6-22(19)25(28)30/h3-13,23H,14-15H2,1-2H3,(H,27,29)/t23-/m1/s1. The Bertz CT molecular complexity index is 1090. The molecule has 0 fully saturated rings. The molecule has 152 valence electrons. The van der Waals surface area contributed by atoms with E-state index < -0.39 is 6.04 Å². The van der Waals surface area contributed by atoms with E-state index in [1.807, 2.05) is 50.2 Å². The molecule has 0 saturated heterocycles. The van der Waals surface area contributed by atoms with Crippen molar-refractivity contribution in [1.82, 2.24) is 4.90 Å². The van der Waals surface area contributed by atoms with Crippen LogP contribution in [-0.2, 0) is 11.3 Å². The zero-order valence-corrected chi connectivity index (χ0v) is 17.0. The Balaban J connectivity index is 1.60. The van der Waals surface area contributed by atoms with Gasteiger partial charge < -0.3 is 10.2 Å². The van der Waals surface area contributed by atoms with Gasteiger partial charge in [0.25, 0.3) is 5.91 Å². The van der Waals surface area contributed by atoms with Crippen molar-refractivity contribution in [2.24, 2.45) is 0 Å². The molecular formula is C25H23FN2O2. The minimum absolute atomic E-state index is 0.0817. The summed E-state index contributed by atoms with van der Waals surface area (Å²) < 4.78 is 13.5. The predicted octanol–water partition coefficient (Wildman–Crippen LogP) is 5.17. The van der Waals surface area contributed by atoms with E-state index in [9.17, 15) is 14.0 Å². The van der Waals surface area contributed by atoms with Gasteiger partial charge in [-0.05, 0) is 66.4 Å². The second-order valence-electron chi connectivity index (χ2n) is 7.79. The summed E-state index contributed by atoms with van der Waals surface area (Å²) in [5.41, 5.74) is 5.17. The smallest absolute Gasteiger partial charge is 0.255 e. The summed E-state index contributed by atoms with van der Waals surface area (Å²) in [6, 6.07) is 18.8. The van der Waals surface area contributed by atoms with Crippen molar-refractivity contribution < 1.29 is 14.0 Å². The third-order valence-electron chi connectivity index (χ3n) is 5.36. The first-order chi connectivity index (χ1) is 14.4. The molecule has 0 spiro atoms. The van der Waals surface area contributed by atoms with E-state index in [1.165, 1.54) is 12.1 Å². The molecule has 1 heterocycles. The van der Waals surface area contributed by atoms with E-state index in [1.54, 1.807) is 23.1 Å². The van der Waals surface area contributed by atoms with Crippen LogP contribution in [0.3, 0.4) is 0 Å². The van der Waals surface area contributed by atoms with Gasteiger partial charge in [-0.15, -0.1) is 0 Å². The molecule has 0 unspecified atom stereocenters. The Morgan fingerprint density at radius 1 is 1.03 bits per heavy atom. The lowest BCUT2D eigenvalue weighted by atomic mass is 10.0. The van der Waals surface area contributed by atoms with E-state index >= 15 is 0 Å². The molecule has 1 aliphatic rings. The van der Waals surface area contributed by atoms with Crippen molar-refractivity contribution in [3.8, 4) is 0 Å². The summed E-state index contributed by atoms with van der Waals surface area (Å²) in [6.07, 6.45) is 0.0817. The van der Waals surface area contributed by atoms with Crippen LogP contribution >= 0.6 is 0 Å². The van der Waals surface area contributed by atoms with Gasteiger partial charge in [0.1, 0.15) is 5.82 Å². The van der Waals surface area contributed by atoms with E-state index in [4.69, 9.17) is 0 Å². The molecular weight excluding hydrogens is 379 g/mol. The van der Waals surface area contributed by atoms with Crippen LogP contribution < -0.4 is 5.32 Å². The number of hydrogen-bond donors (Lipinski definition) is 1. The molecule has 5 heteroatoms. The van der Waals surface area contributed by atoms with E-state index in [0.29, 0.717) is 12.1 Å². The first-order valence-corrected chi connectivity index (χ1v) is 9.93. The number of aryl methyl sites for hydroxylation is 2. The SMILES string of the molecule is Cc1cc(C)cc(NC(=O)C[C@H](c2ccc(F)cc2)N2Cc3ccccc3C2=O)c1. The Morgan fingerprint density at radius 3 is 2.37 bits per heavy atom. The molecule has 0 aliphatic carbocycles. The highest BCUT2D eigenvalue weighted by Gasteiger charge is 2.34. The summed E-state index contributed by atoms with van der Waals surface area (Å²) in [5.74, 6) is -0.662. The quantitative estimate of drug-likeness (QED) is 0.640. The van der Waals surface area contributed by atoms with Gasteiger partial charge in [-0.1, -0.05) is 36.4 Å². The lowest BCUT2D eigenvalue weighted by Crippen LogP contribution is -2.32. The molecule has 0 aromatic heterocycles. The fourth-order valence-electron chi connectivity index (χ4n) is 4.06. The van der Waals surface area contributed by atoms with Crippen LogP contribution in [0.4, 0.5) is 10.1 Å². The van der Waals surface area contributed by atoms with E-state index in [2.05, 4.69) is 5.32 Å². The Hall–Kier alpha value is -3.47. The normalized spacial score (nSPS) is 13.8. The van der Waals surface area contributed by atoms with Gasteiger partial charge in [-0.3, -0.25) is 9.59 Å². The number of hydrogen-bond acceptors (Lipinski definition) is 2. The zero-order valence-electron chi connectivity index (χ0n) is 17.0. The summed E-state index contributed by atoms with van der Waals surface area (Å²) >= 11 is 0. The summed E-state index contributed by atoms with van der Waals surface area (Å²) in [6.45, 7) is 4.38. The van der Waals surface area contributed by atoms with Crippen LogP contribution in [0, 0.1) is 19.7 Å². The first-order valence-electron chi connectivity index (χ1n) is 9.93. The molecule has 0 saturated carbocycles. The Labute approximate surface area is 175 Å². The minimum Gasteiger partial charge on any atom is -0.327 e. The van der Waals surface area contributed by atoms with Crippen molar-refractivity contribution in [2.75, 3.05) is 5.32 Å². The fraction of sp³-hybridized carbons (Fsp3) is 0.200. The average molecular weight is 402 g/mol. The molecule has 0 radical (unpaired) electrons. The summed E-state index contributed by atoms with van der Waals surface area (Å²) in [5, 5.41) is 2.94. The van der Waals surface area contributed by atoms with Crippen LogP contribution in [0.15, 0.2) is 66.7 Å². The molecule has 3 aromatic rings. The number of fused-ring (bicyclic) bond motifs is 1. The van der Waals surface area contributed by atoms with Crippen molar-refractivity contribution in [3.05, 3.63) is 100 Å². The number of amides is 2. The van der Waals surface area contributed by atoms with Gasteiger partial charge in [0.2, 0.25) is 5.91 Å². The minimum atomic E-state index is -0.489. The second-order valence-corrected chi connectivity index (χ2v) is 7.79. The molecule has 30 heavy (non-hydrogen) atoms. The molecule has 1 aliphatic heterocycles. The number of carbonyl (C=O) groups excluding carboxylic acids is 2. The van der Waals surface area contributed by atoms with Crippen LogP contribution in [0.1, 0.15) is 45.1 Å². The number of anilines is 1. The second kappa shape index (κ2) is 8.11. The third-order valence-corrected chi connectivity index (χ3v) is 5.36. The molecule has 4 nitrogen and oxygen atoms in total. The maximum absolute atomic E-state index is 13.5. The van der Waals surface area contributed by atoms with Gasteiger partial charge in [0.15, 0.2) is 0 Å². The van der Waals surface area contributed by atoms with Gasteiger partial charge >= 0.3 is 0 Å². The molecule has 0 bridgehead atoms. The summed E-state index contributed by atoms with van der Waals surface area (Å²) in [7, 11) is 0. The van der Waals surface area contributed by atoms with Gasteiger partial charge in [0, 0.05) is 17.8 Å². The fourth-order valence-corrected chi connectivity index (χ4v) is 4.06. The largest absolute Gasteiger partial charge is 0.327 e. The maximum atomic E-state index is 13.5. The van der Waals surface area contributed by atoms with E-state index in [-0.39, 0.29) is 24.1 Å². The van der Waals surface area contributed by atoms with Crippen molar-refractivity contribution in [1.29, 1.82) is 0 Å². The number of nitrogens with one attached hydrogen (secondary N) is 1. The zero-order chi connectivity index (χ0) is 21.3. The molecule has 1 N–H and O–H groups in total. The van der Waals surface area contributed by atoms with Crippen LogP contribution in [0.5, 0.6) is 0 Å². The average Bonchev–Trinajstić information content (AvgIpc) is 3.03. The Morgan fingerprint density at radius 2 is 1.70 bits per heavy atom. The topological polar surface area (TPSA) is 49.4 Å². The summed E-state index contributed by atoms with van der Waals surface area (Å²) in [4.78, 5) is 27.6. The van der Waals surface area contributed by atoms with Crippen molar-refractivity contribution >= 4 is 17.5 Å². The molecule has 1 atom stereocenters. The number of carbonyl (C=O) groups is 2. The lowest BCUT2D eigenvalue weighted by Gasteiger charge is -2.28. The molecule has 4 rings (SSSR count). The van der Waals surface area contributed by atoms with Crippen LogP contribution in [0.2, 0.25) is 0 Å². The number of halogens is 1. The van der Waals surface area contributed by atoms with Crippen LogP contribution in [-0.4, -0.2) is 16.7 Å². The van der Waals surface area contributed by atoms with Gasteiger partial charge in [-0.25, -0.2) is 4.39 Å².